The number of hydrogen-bond acceptors (Lipinski definition) is 1. The zero-order valence-corrected chi connectivity index (χ0v) is 9.51. The molecule has 2 rings (SSSR count). The van der Waals surface area contributed by atoms with Crippen molar-refractivity contribution in [3.8, 4) is 0 Å². The molecule has 1 aromatic carbocycles. The predicted octanol–water partition coefficient (Wildman–Crippen LogP) is 4.73. The minimum absolute atomic E-state index is 0.715. The summed E-state index contributed by atoms with van der Waals surface area (Å²) in [6, 6.07) is 7.75. The molecule has 0 atom stereocenters. The van der Waals surface area contributed by atoms with Crippen molar-refractivity contribution >= 4 is 56.2 Å². The summed E-state index contributed by atoms with van der Waals surface area (Å²) in [5.74, 6) is 0. The van der Waals surface area contributed by atoms with E-state index < -0.39 is 3.79 Å². The van der Waals surface area contributed by atoms with Crippen LogP contribution in [0.2, 0.25) is 0 Å². The van der Waals surface area contributed by atoms with Gasteiger partial charge in [0.15, 0.2) is 0 Å². The van der Waals surface area contributed by atoms with Crippen LogP contribution in [-0.2, 0) is 3.79 Å². The van der Waals surface area contributed by atoms with Crippen molar-refractivity contribution in [3.63, 3.8) is 0 Å². The van der Waals surface area contributed by atoms with Crippen LogP contribution in [0.1, 0.15) is 5.56 Å². The maximum absolute atomic E-state index is 5.76. The molecule has 0 aliphatic carbocycles. The monoisotopic (exact) mass is 250 g/mol. The first-order valence-electron chi connectivity index (χ1n) is 3.62. The molecule has 1 heterocycles. The number of thiophene rings is 1. The number of benzene rings is 1. The van der Waals surface area contributed by atoms with E-state index in [9.17, 15) is 0 Å². The Kier molecular flexibility index (Phi) is 2.45. The fourth-order valence-electron chi connectivity index (χ4n) is 1.13. The Morgan fingerprint density at radius 3 is 2.54 bits per heavy atom. The fraction of sp³-hybridized carbons (Fsp3) is 0.111. The quantitative estimate of drug-likeness (QED) is 0.594. The van der Waals surface area contributed by atoms with Crippen molar-refractivity contribution in [1.82, 2.24) is 0 Å². The van der Waals surface area contributed by atoms with E-state index in [0.29, 0.717) is 5.56 Å². The Morgan fingerprint density at radius 1 is 1.08 bits per heavy atom. The van der Waals surface area contributed by atoms with Crippen molar-refractivity contribution in [2.24, 2.45) is 0 Å². The molecule has 0 spiro atoms. The molecule has 0 aliphatic rings. The van der Waals surface area contributed by atoms with Crippen molar-refractivity contribution in [1.29, 1.82) is 0 Å². The fourth-order valence-corrected chi connectivity index (χ4v) is 2.31. The van der Waals surface area contributed by atoms with Gasteiger partial charge in [-0.1, -0.05) is 46.9 Å². The van der Waals surface area contributed by atoms with Crippen molar-refractivity contribution in [3.05, 3.63) is 35.2 Å². The van der Waals surface area contributed by atoms with E-state index in [1.54, 1.807) is 11.3 Å². The first-order valence-corrected chi connectivity index (χ1v) is 5.63. The van der Waals surface area contributed by atoms with Gasteiger partial charge in [-0.05, 0) is 22.9 Å². The Bertz CT molecular complexity index is 428. The lowest BCUT2D eigenvalue weighted by atomic mass is 10.2. The summed E-state index contributed by atoms with van der Waals surface area (Å²) in [6.45, 7) is 0. The molecule has 0 saturated heterocycles. The standard InChI is InChI=1S/C9H5Cl3S/c10-9(11,12)7-2-1-6-3-4-13-8(6)5-7/h1-5H. The second-order valence-corrected chi connectivity index (χ2v) is 5.90. The molecule has 4 heteroatoms. The van der Waals surface area contributed by atoms with Crippen molar-refractivity contribution in [2.45, 2.75) is 3.79 Å². The van der Waals surface area contributed by atoms with E-state index in [2.05, 4.69) is 0 Å². The zero-order chi connectivity index (χ0) is 9.47. The SMILES string of the molecule is ClC(Cl)(Cl)c1ccc2ccsc2c1. The van der Waals surface area contributed by atoms with Crippen LogP contribution in [0.15, 0.2) is 29.6 Å². The van der Waals surface area contributed by atoms with Gasteiger partial charge in [-0.3, -0.25) is 0 Å². The summed E-state index contributed by atoms with van der Waals surface area (Å²) in [6.07, 6.45) is 0. The molecule has 0 radical (unpaired) electrons. The molecule has 13 heavy (non-hydrogen) atoms. The average molecular weight is 252 g/mol. The topological polar surface area (TPSA) is 0 Å². The van der Waals surface area contributed by atoms with E-state index >= 15 is 0 Å². The zero-order valence-electron chi connectivity index (χ0n) is 6.43. The predicted molar refractivity (Wildman–Crippen MR) is 61.1 cm³/mol. The number of hydrogen-bond donors (Lipinski definition) is 0. The van der Waals surface area contributed by atoms with E-state index in [1.807, 2.05) is 29.6 Å². The Hall–Kier alpha value is 0.0500. The Labute approximate surface area is 95.0 Å². The summed E-state index contributed by atoms with van der Waals surface area (Å²) in [7, 11) is 0. The van der Waals surface area contributed by atoms with Gasteiger partial charge in [-0.15, -0.1) is 11.3 Å². The van der Waals surface area contributed by atoms with Gasteiger partial charge in [0, 0.05) is 10.3 Å². The first-order chi connectivity index (χ1) is 6.07. The summed E-state index contributed by atoms with van der Waals surface area (Å²) in [4.78, 5) is 0. The molecule has 0 nitrogen and oxygen atoms in total. The van der Waals surface area contributed by atoms with Gasteiger partial charge in [0.05, 0.1) is 0 Å². The first kappa shape index (κ1) is 9.60. The van der Waals surface area contributed by atoms with Crippen LogP contribution in [0, 0.1) is 0 Å². The van der Waals surface area contributed by atoms with Crippen LogP contribution in [0.5, 0.6) is 0 Å². The molecule has 0 saturated carbocycles. The molecule has 0 unspecified atom stereocenters. The number of halogens is 3. The van der Waals surface area contributed by atoms with Crippen LogP contribution in [0.25, 0.3) is 10.1 Å². The molecule has 0 aliphatic heterocycles. The van der Waals surface area contributed by atoms with Crippen LogP contribution >= 0.6 is 46.1 Å². The minimum atomic E-state index is -1.32. The van der Waals surface area contributed by atoms with Crippen LogP contribution in [0.3, 0.4) is 0 Å². The third-order valence-electron chi connectivity index (χ3n) is 1.78. The maximum atomic E-state index is 5.76. The molecular formula is C9H5Cl3S. The van der Waals surface area contributed by atoms with Crippen LogP contribution in [0.4, 0.5) is 0 Å². The second kappa shape index (κ2) is 3.32. The molecule has 0 bridgehead atoms. The lowest BCUT2D eigenvalue weighted by Crippen LogP contribution is -1.98. The highest BCUT2D eigenvalue weighted by Gasteiger charge is 2.22. The van der Waals surface area contributed by atoms with Gasteiger partial charge in [-0.25, -0.2) is 0 Å². The minimum Gasteiger partial charge on any atom is -0.144 e. The summed E-state index contributed by atoms with van der Waals surface area (Å²) >= 11 is 18.9. The summed E-state index contributed by atoms with van der Waals surface area (Å²) in [5, 5.41) is 3.20. The van der Waals surface area contributed by atoms with Crippen molar-refractivity contribution in [2.75, 3.05) is 0 Å². The lowest BCUT2D eigenvalue weighted by molar-refractivity contribution is 1.26. The lowest BCUT2D eigenvalue weighted by Gasteiger charge is -2.10. The third-order valence-corrected chi connectivity index (χ3v) is 3.32. The van der Waals surface area contributed by atoms with Gasteiger partial charge in [0.1, 0.15) is 0 Å². The highest BCUT2D eigenvalue weighted by Crippen LogP contribution is 2.39. The van der Waals surface area contributed by atoms with Gasteiger partial charge >= 0.3 is 0 Å². The number of rotatable bonds is 0. The van der Waals surface area contributed by atoms with Gasteiger partial charge in [-0.2, -0.15) is 0 Å². The third kappa shape index (κ3) is 1.94. The van der Waals surface area contributed by atoms with Gasteiger partial charge in [0.2, 0.25) is 3.79 Å². The summed E-state index contributed by atoms with van der Waals surface area (Å²) in [5.41, 5.74) is 0.715. The second-order valence-electron chi connectivity index (χ2n) is 2.67. The highest BCUT2D eigenvalue weighted by molar-refractivity contribution is 7.17. The molecule has 0 fully saturated rings. The van der Waals surface area contributed by atoms with E-state index in [0.717, 1.165) is 4.70 Å². The summed E-state index contributed by atoms with van der Waals surface area (Å²) < 4.78 is -0.179. The van der Waals surface area contributed by atoms with Crippen LogP contribution in [-0.4, -0.2) is 0 Å². The molecule has 0 N–H and O–H groups in total. The van der Waals surface area contributed by atoms with Crippen molar-refractivity contribution < 1.29 is 0 Å². The molecular weight excluding hydrogens is 247 g/mol. The maximum Gasteiger partial charge on any atom is 0.216 e. The molecule has 2 aromatic rings. The van der Waals surface area contributed by atoms with Gasteiger partial charge in [0.25, 0.3) is 0 Å². The molecule has 1 aromatic heterocycles. The Balaban J connectivity index is 2.61. The smallest absolute Gasteiger partial charge is 0.144 e. The van der Waals surface area contributed by atoms with Gasteiger partial charge < -0.3 is 0 Å². The molecule has 0 amide bonds. The molecule has 68 valence electrons. The average Bonchev–Trinajstić information content (AvgIpc) is 2.47. The van der Waals surface area contributed by atoms with E-state index in [1.165, 1.54) is 5.39 Å². The van der Waals surface area contributed by atoms with Crippen LogP contribution < -0.4 is 0 Å². The normalized spacial score (nSPS) is 12.2. The highest BCUT2D eigenvalue weighted by atomic mass is 35.6. The van der Waals surface area contributed by atoms with E-state index in [4.69, 9.17) is 34.8 Å². The number of alkyl halides is 3. The Morgan fingerprint density at radius 2 is 1.85 bits per heavy atom. The van der Waals surface area contributed by atoms with E-state index in [-0.39, 0.29) is 0 Å². The largest absolute Gasteiger partial charge is 0.216 e. The number of fused-ring (bicyclic) bond motifs is 1.